The standard InChI is InChI=1S/C29H30N2O3/c1-3-30-15-13-19(21-9-5-7-11-25(21)30)17-23-27(32)24(29(34)28(23)33)18-20-14-16-31(4-2)26-12-8-6-10-22(20)26/h5-18,23-24,27-28,32-33H,3-4H2,1-2H3/b19-17+,20-18+. The van der Waals surface area contributed by atoms with Crippen LogP contribution in [0, 0.1) is 11.8 Å². The molecular weight excluding hydrogens is 424 g/mol. The van der Waals surface area contributed by atoms with Crippen LogP contribution in [-0.2, 0) is 4.79 Å². The summed E-state index contributed by atoms with van der Waals surface area (Å²) < 4.78 is 0. The molecule has 174 valence electrons. The van der Waals surface area contributed by atoms with E-state index in [1.165, 1.54) is 0 Å². The summed E-state index contributed by atoms with van der Waals surface area (Å²) in [6.45, 7) is 5.86. The zero-order chi connectivity index (χ0) is 23.8. The molecule has 34 heavy (non-hydrogen) atoms. The lowest BCUT2D eigenvalue weighted by Gasteiger charge is -2.27. The van der Waals surface area contributed by atoms with Crippen molar-refractivity contribution in [3.05, 3.63) is 96.4 Å². The molecule has 2 aromatic rings. The summed E-state index contributed by atoms with van der Waals surface area (Å²) in [5, 5.41) is 22.0. The minimum Gasteiger partial charge on any atom is -0.391 e. The highest BCUT2D eigenvalue weighted by atomic mass is 16.3. The number of hydrogen-bond donors (Lipinski definition) is 2. The second-order valence-corrected chi connectivity index (χ2v) is 8.92. The highest BCUT2D eigenvalue weighted by Gasteiger charge is 2.47. The summed E-state index contributed by atoms with van der Waals surface area (Å²) in [6, 6.07) is 16.1. The average molecular weight is 455 g/mol. The number of allylic oxidation sites excluding steroid dienone is 4. The van der Waals surface area contributed by atoms with Gasteiger partial charge in [0.1, 0.15) is 6.10 Å². The number of anilines is 2. The van der Waals surface area contributed by atoms with E-state index in [1.54, 1.807) is 0 Å². The summed E-state index contributed by atoms with van der Waals surface area (Å²) in [6.07, 6.45) is 9.40. The second-order valence-electron chi connectivity index (χ2n) is 8.92. The number of aliphatic hydroxyl groups excluding tert-OH is 2. The number of fused-ring (bicyclic) bond motifs is 2. The van der Waals surface area contributed by atoms with Crippen molar-refractivity contribution in [2.45, 2.75) is 26.1 Å². The van der Waals surface area contributed by atoms with Crippen molar-refractivity contribution in [2.75, 3.05) is 22.9 Å². The van der Waals surface area contributed by atoms with Gasteiger partial charge in [0.05, 0.1) is 12.0 Å². The lowest BCUT2D eigenvalue weighted by Crippen LogP contribution is -2.24. The Hall–Kier alpha value is -3.41. The fraction of sp³-hybridized carbons (Fsp3) is 0.276. The molecule has 5 nitrogen and oxygen atoms in total. The summed E-state index contributed by atoms with van der Waals surface area (Å²) >= 11 is 0. The van der Waals surface area contributed by atoms with Gasteiger partial charge in [-0.05, 0) is 49.3 Å². The minimum absolute atomic E-state index is 0.339. The van der Waals surface area contributed by atoms with Gasteiger partial charge >= 0.3 is 0 Å². The highest BCUT2D eigenvalue weighted by molar-refractivity contribution is 5.95. The predicted octanol–water partition coefficient (Wildman–Crippen LogP) is 4.40. The number of Topliss-reactive ketones (excluding diaryl/α,β-unsaturated/α-hetero) is 1. The van der Waals surface area contributed by atoms with Crippen molar-refractivity contribution in [1.29, 1.82) is 0 Å². The Morgan fingerprint density at radius 3 is 1.82 bits per heavy atom. The van der Waals surface area contributed by atoms with Crippen LogP contribution in [0.2, 0.25) is 0 Å². The first kappa shape index (κ1) is 22.4. The smallest absolute Gasteiger partial charge is 0.171 e. The second kappa shape index (κ2) is 9.09. The zero-order valence-electron chi connectivity index (χ0n) is 19.5. The van der Waals surface area contributed by atoms with E-state index in [0.29, 0.717) is 0 Å². The third kappa shape index (κ3) is 3.71. The summed E-state index contributed by atoms with van der Waals surface area (Å²) in [4.78, 5) is 17.4. The predicted molar refractivity (Wildman–Crippen MR) is 137 cm³/mol. The molecule has 4 atom stereocenters. The normalized spacial score (nSPS) is 28.1. The maximum absolute atomic E-state index is 13.1. The molecule has 0 bridgehead atoms. The number of ketones is 1. The van der Waals surface area contributed by atoms with Crippen molar-refractivity contribution in [3.63, 3.8) is 0 Å². The first-order valence-corrected chi connectivity index (χ1v) is 12.0. The van der Waals surface area contributed by atoms with Crippen molar-refractivity contribution < 1.29 is 15.0 Å². The molecule has 5 rings (SSSR count). The van der Waals surface area contributed by atoms with Crippen molar-refractivity contribution in [1.82, 2.24) is 0 Å². The molecule has 2 N–H and O–H groups in total. The van der Waals surface area contributed by atoms with E-state index >= 15 is 0 Å². The molecule has 1 aliphatic carbocycles. The van der Waals surface area contributed by atoms with Crippen molar-refractivity contribution >= 4 is 28.3 Å². The van der Waals surface area contributed by atoms with E-state index in [9.17, 15) is 15.0 Å². The maximum atomic E-state index is 13.1. The number of para-hydroxylation sites is 2. The van der Waals surface area contributed by atoms with Gasteiger partial charge in [-0.25, -0.2) is 0 Å². The molecule has 0 radical (unpaired) electrons. The quantitative estimate of drug-likeness (QED) is 0.717. The third-order valence-electron chi connectivity index (χ3n) is 7.08. The van der Waals surface area contributed by atoms with Gasteiger partial charge in [0, 0.05) is 53.9 Å². The molecule has 0 aromatic heterocycles. The molecule has 4 unspecified atom stereocenters. The Labute approximate surface area is 200 Å². The molecule has 0 amide bonds. The van der Waals surface area contributed by atoms with Crippen LogP contribution in [0.5, 0.6) is 0 Å². The van der Waals surface area contributed by atoms with Gasteiger partial charge < -0.3 is 20.0 Å². The largest absolute Gasteiger partial charge is 0.391 e. The number of aliphatic hydroxyl groups is 2. The van der Waals surface area contributed by atoms with Gasteiger partial charge in [0.15, 0.2) is 5.78 Å². The molecular formula is C29H30N2O3. The molecule has 0 spiro atoms. The van der Waals surface area contributed by atoms with Crippen molar-refractivity contribution in [3.8, 4) is 0 Å². The molecule has 0 saturated heterocycles. The zero-order valence-corrected chi connectivity index (χ0v) is 19.5. The Morgan fingerprint density at radius 1 is 0.794 bits per heavy atom. The van der Waals surface area contributed by atoms with Gasteiger partial charge in [0.2, 0.25) is 0 Å². The Bertz CT molecular complexity index is 1230. The van der Waals surface area contributed by atoms with Crippen LogP contribution < -0.4 is 9.80 Å². The van der Waals surface area contributed by atoms with Crippen LogP contribution >= 0.6 is 0 Å². The van der Waals surface area contributed by atoms with Crippen LogP contribution in [0.25, 0.3) is 11.1 Å². The number of carbonyl (C=O) groups is 1. The summed E-state index contributed by atoms with van der Waals surface area (Å²) in [5.74, 6) is -1.79. The summed E-state index contributed by atoms with van der Waals surface area (Å²) in [7, 11) is 0. The molecule has 1 saturated carbocycles. The van der Waals surface area contributed by atoms with E-state index in [1.807, 2.05) is 73.1 Å². The van der Waals surface area contributed by atoms with Crippen LogP contribution in [0.15, 0.2) is 85.2 Å². The average Bonchev–Trinajstić information content (AvgIpc) is 3.07. The summed E-state index contributed by atoms with van der Waals surface area (Å²) in [5.41, 5.74) is 6.00. The van der Waals surface area contributed by atoms with Crippen LogP contribution in [-0.4, -0.2) is 41.3 Å². The third-order valence-corrected chi connectivity index (χ3v) is 7.08. The number of benzene rings is 2. The Morgan fingerprint density at radius 2 is 1.29 bits per heavy atom. The van der Waals surface area contributed by atoms with Gasteiger partial charge in [-0.3, -0.25) is 4.79 Å². The first-order chi connectivity index (χ1) is 16.5. The number of rotatable bonds is 4. The lowest BCUT2D eigenvalue weighted by atomic mass is 9.91. The maximum Gasteiger partial charge on any atom is 0.171 e. The van der Waals surface area contributed by atoms with Gasteiger partial charge in [-0.1, -0.05) is 48.6 Å². The molecule has 2 aliphatic heterocycles. The van der Waals surface area contributed by atoms with Gasteiger partial charge in [-0.15, -0.1) is 0 Å². The molecule has 2 heterocycles. The van der Waals surface area contributed by atoms with E-state index in [2.05, 4.69) is 35.8 Å². The molecule has 2 aromatic carbocycles. The minimum atomic E-state index is -1.25. The van der Waals surface area contributed by atoms with E-state index in [-0.39, 0.29) is 5.78 Å². The molecule has 1 fully saturated rings. The Kier molecular flexibility index (Phi) is 5.98. The monoisotopic (exact) mass is 454 g/mol. The number of hydrogen-bond acceptors (Lipinski definition) is 5. The Balaban J connectivity index is 1.48. The van der Waals surface area contributed by atoms with Crippen molar-refractivity contribution in [2.24, 2.45) is 11.8 Å². The highest BCUT2D eigenvalue weighted by Crippen LogP contribution is 2.40. The number of carbonyl (C=O) groups excluding carboxylic acids is 1. The van der Waals surface area contributed by atoms with Gasteiger partial charge in [0.25, 0.3) is 0 Å². The number of nitrogens with zero attached hydrogens (tertiary/aromatic N) is 2. The van der Waals surface area contributed by atoms with Crippen LogP contribution in [0.4, 0.5) is 11.4 Å². The van der Waals surface area contributed by atoms with E-state index in [4.69, 9.17) is 0 Å². The van der Waals surface area contributed by atoms with Gasteiger partial charge in [-0.2, -0.15) is 0 Å². The topological polar surface area (TPSA) is 64.0 Å². The fourth-order valence-corrected chi connectivity index (χ4v) is 5.21. The SMILES string of the molecule is CCN1C=C/C(=C\C2C(=O)C(O)C(/C=C3\C=CN(CC)c4ccccc43)C2O)c2ccccc21. The van der Waals surface area contributed by atoms with Crippen LogP contribution in [0.3, 0.4) is 0 Å². The van der Waals surface area contributed by atoms with E-state index in [0.717, 1.165) is 46.7 Å². The fourth-order valence-electron chi connectivity index (χ4n) is 5.21. The lowest BCUT2D eigenvalue weighted by molar-refractivity contribution is -0.127. The molecule has 3 aliphatic rings. The first-order valence-electron chi connectivity index (χ1n) is 12.0. The van der Waals surface area contributed by atoms with Crippen LogP contribution in [0.1, 0.15) is 25.0 Å². The van der Waals surface area contributed by atoms with E-state index < -0.39 is 24.0 Å². The molecule has 5 heteroatoms.